The lowest BCUT2D eigenvalue weighted by atomic mass is 10.0. The van der Waals surface area contributed by atoms with Crippen molar-refractivity contribution >= 4 is 11.8 Å². The van der Waals surface area contributed by atoms with Crippen molar-refractivity contribution in [1.82, 2.24) is 15.1 Å². The van der Waals surface area contributed by atoms with Crippen molar-refractivity contribution < 1.29 is 9.59 Å². The monoisotopic (exact) mass is 393 g/mol. The van der Waals surface area contributed by atoms with E-state index in [1.165, 1.54) is 5.56 Å². The fourth-order valence-electron chi connectivity index (χ4n) is 3.61. The average molecular weight is 394 g/mol. The fourth-order valence-corrected chi connectivity index (χ4v) is 3.61. The van der Waals surface area contributed by atoms with Gasteiger partial charge in [-0.15, -0.1) is 0 Å². The molecule has 2 amide bonds. The van der Waals surface area contributed by atoms with E-state index in [9.17, 15) is 9.59 Å². The number of carbonyl (C=O) groups is 2. The first-order valence-corrected chi connectivity index (χ1v) is 10.4. The maximum Gasteiger partial charge on any atom is 0.251 e. The Hall–Kier alpha value is -2.66. The van der Waals surface area contributed by atoms with Gasteiger partial charge in [0.2, 0.25) is 5.91 Å². The molecule has 0 bridgehead atoms. The summed E-state index contributed by atoms with van der Waals surface area (Å²) in [6.45, 7) is 9.91. The molecule has 0 saturated carbocycles. The Kier molecular flexibility index (Phi) is 7.04. The van der Waals surface area contributed by atoms with E-state index in [2.05, 4.69) is 34.5 Å². The second-order valence-corrected chi connectivity index (χ2v) is 8.15. The second kappa shape index (κ2) is 9.70. The average Bonchev–Trinajstić information content (AvgIpc) is 2.73. The largest absolute Gasteiger partial charge is 0.340 e. The zero-order chi connectivity index (χ0) is 20.8. The highest BCUT2D eigenvalue weighted by atomic mass is 16.2. The Morgan fingerprint density at radius 2 is 1.55 bits per heavy atom. The SMILES string of the molecule is Cc1ccc(C(=O)N[C@@H](C(=O)N2CCN(Cc3ccccc3)CC2)C(C)C)cc1. The summed E-state index contributed by atoms with van der Waals surface area (Å²) in [5.41, 5.74) is 2.98. The van der Waals surface area contributed by atoms with Crippen molar-refractivity contribution in [2.24, 2.45) is 5.92 Å². The summed E-state index contributed by atoms with van der Waals surface area (Å²) in [6, 6.07) is 17.3. The first-order chi connectivity index (χ1) is 13.9. The molecule has 0 radical (unpaired) electrons. The Labute approximate surface area is 173 Å². The maximum absolute atomic E-state index is 13.1. The quantitative estimate of drug-likeness (QED) is 0.821. The Morgan fingerprint density at radius 3 is 2.14 bits per heavy atom. The molecule has 1 heterocycles. The van der Waals surface area contributed by atoms with Gasteiger partial charge in [0.05, 0.1) is 0 Å². The minimum atomic E-state index is -0.510. The van der Waals surface area contributed by atoms with E-state index in [0.717, 1.165) is 25.2 Å². The molecule has 2 aromatic carbocycles. The van der Waals surface area contributed by atoms with Crippen molar-refractivity contribution in [3.05, 3.63) is 71.3 Å². The van der Waals surface area contributed by atoms with E-state index in [1.54, 1.807) is 12.1 Å². The number of hydrogen-bond acceptors (Lipinski definition) is 3. The summed E-state index contributed by atoms with van der Waals surface area (Å²) in [5, 5.41) is 2.96. The molecule has 154 valence electrons. The molecule has 0 unspecified atom stereocenters. The van der Waals surface area contributed by atoms with Gasteiger partial charge in [-0.2, -0.15) is 0 Å². The second-order valence-electron chi connectivity index (χ2n) is 8.15. The van der Waals surface area contributed by atoms with Gasteiger partial charge in [-0.05, 0) is 30.5 Å². The van der Waals surface area contributed by atoms with Crippen LogP contribution >= 0.6 is 0 Å². The van der Waals surface area contributed by atoms with Crippen LogP contribution in [-0.2, 0) is 11.3 Å². The zero-order valence-corrected chi connectivity index (χ0v) is 17.6. The molecule has 1 saturated heterocycles. The molecule has 1 aliphatic heterocycles. The highest BCUT2D eigenvalue weighted by Crippen LogP contribution is 2.13. The van der Waals surface area contributed by atoms with E-state index < -0.39 is 6.04 Å². The molecule has 5 heteroatoms. The van der Waals surface area contributed by atoms with E-state index >= 15 is 0 Å². The van der Waals surface area contributed by atoms with Gasteiger partial charge >= 0.3 is 0 Å². The smallest absolute Gasteiger partial charge is 0.251 e. The predicted octanol–water partition coefficient (Wildman–Crippen LogP) is 3.09. The van der Waals surface area contributed by atoms with Crippen LogP contribution in [0, 0.1) is 12.8 Å². The number of rotatable bonds is 6. The van der Waals surface area contributed by atoms with E-state index in [0.29, 0.717) is 18.7 Å². The minimum Gasteiger partial charge on any atom is -0.340 e. The molecule has 5 nitrogen and oxygen atoms in total. The Bertz CT molecular complexity index is 810. The Morgan fingerprint density at radius 1 is 0.931 bits per heavy atom. The number of nitrogens with zero attached hydrogens (tertiary/aromatic N) is 2. The van der Waals surface area contributed by atoms with E-state index in [4.69, 9.17) is 0 Å². The number of amides is 2. The highest BCUT2D eigenvalue weighted by molar-refractivity contribution is 5.97. The number of carbonyl (C=O) groups excluding carboxylic acids is 2. The van der Waals surface area contributed by atoms with Gasteiger partial charge < -0.3 is 10.2 Å². The van der Waals surface area contributed by atoms with Gasteiger partial charge in [0, 0.05) is 38.3 Å². The summed E-state index contributed by atoms with van der Waals surface area (Å²) in [5.74, 6) is -0.154. The van der Waals surface area contributed by atoms with Crippen LogP contribution in [0.4, 0.5) is 0 Å². The molecule has 1 fully saturated rings. The summed E-state index contributed by atoms with van der Waals surface area (Å²) >= 11 is 0. The van der Waals surface area contributed by atoms with Crippen molar-refractivity contribution in [3.8, 4) is 0 Å². The first kappa shape index (κ1) is 21.1. The molecule has 0 aliphatic carbocycles. The first-order valence-electron chi connectivity index (χ1n) is 10.4. The molecule has 2 aromatic rings. The van der Waals surface area contributed by atoms with Crippen LogP contribution in [0.15, 0.2) is 54.6 Å². The molecule has 1 aliphatic rings. The van der Waals surface area contributed by atoms with Gasteiger partial charge in [-0.25, -0.2) is 0 Å². The Balaban J connectivity index is 1.57. The summed E-state index contributed by atoms with van der Waals surface area (Å²) in [4.78, 5) is 30.0. The number of piperazine rings is 1. The fraction of sp³-hybridized carbons (Fsp3) is 0.417. The standard InChI is InChI=1S/C24H31N3O2/c1-18(2)22(25-23(28)21-11-9-19(3)10-12-21)24(29)27-15-13-26(14-16-27)17-20-7-5-4-6-8-20/h4-12,18,22H,13-17H2,1-3H3,(H,25,28)/t22-/m1/s1. The van der Waals surface area contributed by atoms with Crippen LogP contribution < -0.4 is 5.32 Å². The van der Waals surface area contributed by atoms with Crippen LogP contribution in [0.1, 0.15) is 35.3 Å². The molecular weight excluding hydrogens is 362 g/mol. The van der Waals surface area contributed by atoms with Crippen LogP contribution in [0.2, 0.25) is 0 Å². The molecule has 0 aromatic heterocycles. The third kappa shape index (κ3) is 5.67. The summed E-state index contributed by atoms with van der Waals surface area (Å²) in [7, 11) is 0. The summed E-state index contributed by atoms with van der Waals surface area (Å²) < 4.78 is 0. The molecule has 0 spiro atoms. The van der Waals surface area contributed by atoms with Gasteiger partial charge in [0.15, 0.2) is 0 Å². The van der Waals surface area contributed by atoms with Crippen LogP contribution in [-0.4, -0.2) is 53.8 Å². The van der Waals surface area contributed by atoms with E-state index in [-0.39, 0.29) is 17.7 Å². The number of nitrogens with one attached hydrogen (secondary N) is 1. The number of aryl methyl sites for hydroxylation is 1. The molecule has 3 rings (SSSR count). The molecule has 1 N–H and O–H groups in total. The van der Waals surface area contributed by atoms with Crippen molar-refractivity contribution in [1.29, 1.82) is 0 Å². The number of hydrogen-bond donors (Lipinski definition) is 1. The molecule has 1 atom stereocenters. The van der Waals surface area contributed by atoms with Gasteiger partial charge in [0.1, 0.15) is 6.04 Å². The third-order valence-corrected chi connectivity index (χ3v) is 5.47. The topological polar surface area (TPSA) is 52.7 Å². The highest BCUT2D eigenvalue weighted by Gasteiger charge is 2.30. The van der Waals surface area contributed by atoms with Crippen molar-refractivity contribution in [2.45, 2.75) is 33.4 Å². The van der Waals surface area contributed by atoms with E-state index in [1.807, 2.05) is 43.9 Å². The lowest BCUT2D eigenvalue weighted by Crippen LogP contribution is -2.56. The third-order valence-electron chi connectivity index (χ3n) is 5.47. The number of benzene rings is 2. The van der Waals surface area contributed by atoms with Gasteiger partial charge in [0.25, 0.3) is 5.91 Å². The zero-order valence-electron chi connectivity index (χ0n) is 17.6. The van der Waals surface area contributed by atoms with Crippen LogP contribution in [0.3, 0.4) is 0 Å². The van der Waals surface area contributed by atoms with Crippen molar-refractivity contribution in [2.75, 3.05) is 26.2 Å². The lowest BCUT2D eigenvalue weighted by molar-refractivity contribution is -0.136. The van der Waals surface area contributed by atoms with Gasteiger partial charge in [-0.1, -0.05) is 61.9 Å². The molecular formula is C24H31N3O2. The van der Waals surface area contributed by atoms with Gasteiger partial charge in [-0.3, -0.25) is 14.5 Å². The van der Waals surface area contributed by atoms with Crippen molar-refractivity contribution in [3.63, 3.8) is 0 Å². The lowest BCUT2D eigenvalue weighted by Gasteiger charge is -2.37. The maximum atomic E-state index is 13.1. The summed E-state index contributed by atoms with van der Waals surface area (Å²) in [6.07, 6.45) is 0. The normalized spacial score (nSPS) is 15.9. The minimum absolute atomic E-state index is 0.0137. The molecule has 29 heavy (non-hydrogen) atoms. The van der Waals surface area contributed by atoms with Crippen LogP contribution in [0.25, 0.3) is 0 Å². The van der Waals surface area contributed by atoms with Crippen LogP contribution in [0.5, 0.6) is 0 Å². The predicted molar refractivity (Wildman–Crippen MR) is 116 cm³/mol.